The average molecular weight is 542 g/mol. The number of aromatic nitrogens is 4. The fourth-order valence-corrected chi connectivity index (χ4v) is 4.67. The largest absolute Gasteiger partial charge is 0.491 e. The molecule has 0 amide bonds. The Morgan fingerprint density at radius 3 is 2.60 bits per heavy atom. The molecule has 4 heterocycles. The summed E-state index contributed by atoms with van der Waals surface area (Å²) >= 11 is 0. The van der Waals surface area contributed by atoms with Crippen molar-refractivity contribution in [3.63, 3.8) is 0 Å². The second-order valence-electron chi connectivity index (χ2n) is 9.54. The van der Waals surface area contributed by atoms with Crippen molar-refractivity contribution in [2.45, 2.75) is 6.92 Å². The Labute approximate surface area is 234 Å². The van der Waals surface area contributed by atoms with E-state index in [1.807, 2.05) is 43.3 Å². The predicted octanol–water partition coefficient (Wildman–Crippen LogP) is 4.33. The maximum Gasteiger partial charge on any atom is 0.223 e. The number of ether oxygens (including phenoxy) is 2. The number of methoxy groups -OCH3 is 1. The molecule has 1 aromatic carbocycles. The van der Waals surface area contributed by atoms with Crippen LogP contribution in [0.2, 0.25) is 0 Å². The van der Waals surface area contributed by atoms with Crippen molar-refractivity contribution in [2.24, 2.45) is 0 Å². The lowest BCUT2D eigenvalue weighted by atomic mass is 10.1. The van der Waals surface area contributed by atoms with Crippen LogP contribution in [0.3, 0.4) is 0 Å². The predicted molar refractivity (Wildman–Crippen MR) is 157 cm³/mol. The molecule has 4 aromatic rings. The number of fused-ring (bicyclic) bond motifs is 1. The van der Waals surface area contributed by atoms with Gasteiger partial charge in [0.1, 0.15) is 12.4 Å². The van der Waals surface area contributed by atoms with Crippen molar-refractivity contribution in [3.8, 4) is 17.3 Å². The highest BCUT2D eigenvalue weighted by atomic mass is 16.5. The number of nitrogen functional groups attached to an aromatic ring is 1. The zero-order chi connectivity index (χ0) is 27.9. The summed E-state index contributed by atoms with van der Waals surface area (Å²) < 4.78 is 17.7. The number of hydrogen-bond donors (Lipinski definition) is 1. The highest BCUT2D eigenvalue weighted by molar-refractivity contribution is 5.76. The molecule has 0 radical (unpaired) electrons. The molecule has 0 unspecified atom stereocenters. The fraction of sp³-hybridized carbons (Fsp3) is 0.300. The van der Waals surface area contributed by atoms with Crippen LogP contribution < -0.4 is 15.4 Å². The van der Waals surface area contributed by atoms with E-state index in [0.717, 1.165) is 49.6 Å². The Morgan fingerprint density at radius 1 is 1.10 bits per heavy atom. The highest BCUT2D eigenvalue weighted by Crippen LogP contribution is 2.24. The number of furan rings is 1. The molecule has 10 nitrogen and oxygen atoms in total. The lowest BCUT2D eigenvalue weighted by molar-refractivity contribution is 0.146. The van der Waals surface area contributed by atoms with Crippen LogP contribution in [0.25, 0.3) is 22.8 Å². The van der Waals surface area contributed by atoms with Gasteiger partial charge in [0.2, 0.25) is 11.8 Å². The summed E-state index contributed by atoms with van der Waals surface area (Å²) in [7, 11) is 1.67. The normalized spacial score (nSPS) is 14.8. The number of nitrogens with zero attached hydrogens (tertiary/aromatic N) is 6. The van der Waals surface area contributed by atoms with E-state index in [1.54, 1.807) is 19.4 Å². The molecule has 1 fully saturated rings. The molecule has 1 aliphatic heterocycles. The second kappa shape index (κ2) is 12.6. The van der Waals surface area contributed by atoms with Gasteiger partial charge in [0.25, 0.3) is 0 Å². The number of rotatable bonds is 11. The minimum Gasteiger partial charge on any atom is -0.491 e. The lowest BCUT2D eigenvalue weighted by Crippen LogP contribution is -2.46. The number of piperazine rings is 1. The molecule has 2 N–H and O–H groups in total. The van der Waals surface area contributed by atoms with Gasteiger partial charge >= 0.3 is 0 Å². The van der Waals surface area contributed by atoms with Crippen LogP contribution >= 0.6 is 0 Å². The minimum absolute atomic E-state index is 0.254. The SMILES string of the molecule is C=C(/C=C(\C=C/C)c1cc2nc(-c3ccco3)nn2c(N)n1)CN1CCN(c2ccc(OCCOC)cc2)CC1. The molecule has 10 heteroatoms. The fourth-order valence-electron chi connectivity index (χ4n) is 4.67. The summed E-state index contributed by atoms with van der Waals surface area (Å²) in [6, 6.07) is 13.7. The van der Waals surface area contributed by atoms with Crippen molar-refractivity contribution < 1.29 is 13.9 Å². The molecule has 40 heavy (non-hydrogen) atoms. The number of hydrogen-bond acceptors (Lipinski definition) is 9. The summed E-state index contributed by atoms with van der Waals surface area (Å²) in [5.41, 5.74) is 10.7. The summed E-state index contributed by atoms with van der Waals surface area (Å²) in [5, 5.41) is 4.43. The van der Waals surface area contributed by atoms with Gasteiger partial charge in [-0.15, -0.1) is 5.10 Å². The summed E-state index contributed by atoms with van der Waals surface area (Å²) in [5.74, 6) is 2.15. The molecule has 5 rings (SSSR count). The number of anilines is 2. The first-order valence-electron chi connectivity index (χ1n) is 13.3. The second-order valence-corrected chi connectivity index (χ2v) is 9.54. The van der Waals surface area contributed by atoms with E-state index in [1.165, 1.54) is 10.2 Å². The smallest absolute Gasteiger partial charge is 0.223 e. The molecule has 208 valence electrons. The molecule has 0 aliphatic carbocycles. The molecule has 1 saturated heterocycles. The van der Waals surface area contributed by atoms with Gasteiger partial charge < -0.3 is 24.5 Å². The summed E-state index contributed by atoms with van der Waals surface area (Å²) in [6.45, 7) is 12.0. The van der Waals surface area contributed by atoms with Gasteiger partial charge in [-0.05, 0) is 55.0 Å². The minimum atomic E-state index is 0.254. The Kier molecular flexibility index (Phi) is 8.58. The summed E-state index contributed by atoms with van der Waals surface area (Å²) in [4.78, 5) is 14.0. The quantitative estimate of drug-likeness (QED) is 0.219. The van der Waals surface area contributed by atoms with Gasteiger partial charge in [-0.3, -0.25) is 4.90 Å². The van der Waals surface area contributed by atoms with E-state index < -0.39 is 0 Å². The standard InChI is InChI=1S/C30H35N7O3/c1-4-6-23(26-20-28-33-29(27-7-5-16-40-27)34-37(28)30(31)32-26)19-22(2)21-35-12-14-36(15-13-35)24-8-10-25(11-9-24)39-18-17-38-3/h4-11,16,19-20H,2,12-15,17-18,21H2,1,3H3,(H2,31,32)/b6-4-,23-19+. The topological polar surface area (TPSA) is 107 Å². The molecule has 0 saturated carbocycles. The van der Waals surface area contributed by atoms with Crippen molar-refractivity contribution in [3.05, 3.63) is 84.8 Å². The van der Waals surface area contributed by atoms with E-state index in [0.29, 0.717) is 36.1 Å². The van der Waals surface area contributed by atoms with Gasteiger partial charge in [0, 0.05) is 57.2 Å². The zero-order valence-electron chi connectivity index (χ0n) is 23.0. The van der Waals surface area contributed by atoms with Gasteiger partial charge in [-0.25, -0.2) is 9.97 Å². The van der Waals surface area contributed by atoms with Crippen molar-refractivity contribution >= 4 is 22.9 Å². The first-order chi connectivity index (χ1) is 19.5. The van der Waals surface area contributed by atoms with Gasteiger partial charge in [-0.2, -0.15) is 4.52 Å². The first kappa shape index (κ1) is 27.2. The van der Waals surface area contributed by atoms with Crippen LogP contribution in [0, 0.1) is 0 Å². The summed E-state index contributed by atoms with van der Waals surface area (Å²) in [6.07, 6.45) is 7.64. The van der Waals surface area contributed by atoms with Crippen molar-refractivity contribution in [1.29, 1.82) is 0 Å². The van der Waals surface area contributed by atoms with Crippen LogP contribution in [-0.2, 0) is 4.74 Å². The number of benzene rings is 1. The van der Waals surface area contributed by atoms with Gasteiger partial charge in [-0.1, -0.05) is 18.7 Å². The molecule has 3 aromatic heterocycles. The molecule has 1 aliphatic rings. The third-order valence-corrected chi connectivity index (χ3v) is 6.65. The monoisotopic (exact) mass is 541 g/mol. The maximum absolute atomic E-state index is 6.25. The first-order valence-corrected chi connectivity index (χ1v) is 13.3. The van der Waals surface area contributed by atoms with Crippen molar-refractivity contribution in [2.75, 3.05) is 63.7 Å². The molecule has 0 bridgehead atoms. The van der Waals surface area contributed by atoms with Crippen LogP contribution in [-0.4, -0.2) is 77.5 Å². The number of allylic oxidation sites excluding steroid dienone is 3. The zero-order valence-corrected chi connectivity index (χ0v) is 23.0. The van der Waals surface area contributed by atoms with Crippen molar-refractivity contribution in [1.82, 2.24) is 24.5 Å². The van der Waals surface area contributed by atoms with E-state index in [9.17, 15) is 0 Å². The molecule has 0 spiro atoms. The number of nitrogens with two attached hydrogens (primary N) is 1. The van der Waals surface area contributed by atoms with E-state index in [2.05, 4.69) is 49.7 Å². The van der Waals surface area contributed by atoms with Crippen LogP contribution in [0.1, 0.15) is 12.6 Å². The molecular formula is C30H35N7O3. The van der Waals surface area contributed by atoms with E-state index in [4.69, 9.17) is 19.6 Å². The highest BCUT2D eigenvalue weighted by Gasteiger charge is 2.18. The third kappa shape index (κ3) is 6.41. The third-order valence-electron chi connectivity index (χ3n) is 6.65. The van der Waals surface area contributed by atoms with Crippen LogP contribution in [0.5, 0.6) is 5.75 Å². The van der Waals surface area contributed by atoms with Crippen LogP contribution in [0.4, 0.5) is 11.6 Å². The Bertz CT molecular complexity index is 1480. The Hall–Kier alpha value is -4.41. The van der Waals surface area contributed by atoms with E-state index in [-0.39, 0.29) is 5.95 Å². The van der Waals surface area contributed by atoms with Gasteiger partial charge in [0.15, 0.2) is 11.4 Å². The van der Waals surface area contributed by atoms with Gasteiger partial charge in [0.05, 0.1) is 18.6 Å². The Balaban J connectivity index is 1.22. The van der Waals surface area contributed by atoms with E-state index >= 15 is 0 Å². The lowest BCUT2D eigenvalue weighted by Gasteiger charge is -2.36. The molecular weight excluding hydrogens is 506 g/mol. The van der Waals surface area contributed by atoms with Crippen LogP contribution in [0.15, 0.2) is 83.5 Å². The average Bonchev–Trinajstić information content (AvgIpc) is 3.65. The Morgan fingerprint density at radius 2 is 1.90 bits per heavy atom. The maximum atomic E-state index is 6.25. The molecule has 0 atom stereocenters.